The maximum atomic E-state index is 11.5. The van der Waals surface area contributed by atoms with Crippen molar-refractivity contribution in [2.45, 2.75) is 46.0 Å². The van der Waals surface area contributed by atoms with E-state index in [0.717, 1.165) is 25.3 Å². The lowest BCUT2D eigenvalue weighted by Gasteiger charge is -2.05. The molecule has 0 saturated carbocycles. The third-order valence-electron chi connectivity index (χ3n) is 3.20. The van der Waals surface area contributed by atoms with Crippen LogP contribution in [0.4, 0.5) is 0 Å². The summed E-state index contributed by atoms with van der Waals surface area (Å²) in [6, 6.07) is 1.58. The highest BCUT2D eigenvalue weighted by molar-refractivity contribution is 6.13. The Labute approximate surface area is 176 Å². The predicted octanol–water partition coefficient (Wildman–Crippen LogP) is 2.87. The number of hydrogen-bond acceptors (Lipinski definition) is 8. The quantitative estimate of drug-likeness (QED) is 0.0900. The van der Waals surface area contributed by atoms with Crippen LogP contribution in [-0.2, 0) is 33.4 Å². The van der Waals surface area contributed by atoms with Crippen LogP contribution >= 0.6 is 0 Å². The molecule has 0 aliphatic carbocycles. The molecule has 9 nitrogen and oxygen atoms in total. The lowest BCUT2D eigenvalue weighted by atomic mass is 10.2. The Kier molecular flexibility index (Phi) is 18.2. The number of unbranched alkanes of at least 4 members (excludes halogenated alkanes) is 3. The van der Waals surface area contributed by atoms with Crippen LogP contribution in [0.5, 0.6) is 0 Å². The van der Waals surface area contributed by atoms with Crippen LogP contribution in [0.1, 0.15) is 46.0 Å². The van der Waals surface area contributed by atoms with E-state index in [9.17, 15) is 19.2 Å². The fraction of sp³-hybridized carbons (Fsp3) is 0.476. The molecule has 0 saturated heterocycles. The standard InChI is InChI=1S/C15H22O6.C6H7NO2/c1-3-9-12(14(17)18)15(19)21-11-8-6-5-7-10-20-13(16)4-2;1-3-9-6(8)5(2)4-7/h4,9H,2-3,5-8,10-11H2,1H3,(H,17,18);2-3H2,1H3. The van der Waals surface area contributed by atoms with E-state index in [1.807, 2.05) is 0 Å². The molecule has 0 unspecified atom stereocenters. The van der Waals surface area contributed by atoms with Crippen LogP contribution in [0.3, 0.4) is 0 Å². The van der Waals surface area contributed by atoms with Gasteiger partial charge in [-0.05, 0) is 39.0 Å². The second-order valence-corrected chi connectivity index (χ2v) is 5.56. The van der Waals surface area contributed by atoms with Crippen molar-refractivity contribution in [2.24, 2.45) is 0 Å². The molecule has 0 spiro atoms. The van der Waals surface area contributed by atoms with Crippen molar-refractivity contribution in [3.05, 3.63) is 36.5 Å². The molecule has 0 aromatic rings. The van der Waals surface area contributed by atoms with Crippen molar-refractivity contribution in [1.29, 1.82) is 5.26 Å². The first kappa shape index (κ1) is 28.8. The van der Waals surface area contributed by atoms with E-state index in [0.29, 0.717) is 19.4 Å². The number of carboxylic acid groups (broad SMARTS) is 1. The van der Waals surface area contributed by atoms with Gasteiger partial charge in [-0.3, -0.25) is 0 Å². The molecule has 0 aromatic carbocycles. The van der Waals surface area contributed by atoms with Gasteiger partial charge in [-0.25, -0.2) is 19.2 Å². The molecule has 0 rings (SSSR count). The average molecular weight is 423 g/mol. The highest BCUT2D eigenvalue weighted by atomic mass is 16.5. The molecule has 30 heavy (non-hydrogen) atoms. The summed E-state index contributed by atoms with van der Waals surface area (Å²) in [5, 5.41) is 16.9. The summed E-state index contributed by atoms with van der Waals surface area (Å²) in [6.07, 6.45) is 5.91. The summed E-state index contributed by atoms with van der Waals surface area (Å²) in [6.45, 7) is 10.7. The molecule has 1 N–H and O–H groups in total. The van der Waals surface area contributed by atoms with Gasteiger partial charge < -0.3 is 19.3 Å². The number of nitrogens with zero attached hydrogens (tertiary/aromatic N) is 1. The summed E-state index contributed by atoms with van der Waals surface area (Å²) < 4.78 is 14.1. The Hall–Kier alpha value is -3.41. The predicted molar refractivity (Wildman–Crippen MR) is 108 cm³/mol. The largest absolute Gasteiger partial charge is 0.477 e. The monoisotopic (exact) mass is 423 g/mol. The van der Waals surface area contributed by atoms with Gasteiger partial charge in [0, 0.05) is 6.08 Å². The Balaban J connectivity index is 0. The molecule has 0 atom stereocenters. The minimum Gasteiger partial charge on any atom is -0.477 e. The molecule has 9 heteroatoms. The number of hydrogen-bond donors (Lipinski definition) is 1. The first-order valence-electron chi connectivity index (χ1n) is 9.40. The van der Waals surface area contributed by atoms with E-state index in [1.165, 1.54) is 6.08 Å². The van der Waals surface area contributed by atoms with Gasteiger partial charge in [-0.1, -0.05) is 26.2 Å². The van der Waals surface area contributed by atoms with Gasteiger partial charge in [0.1, 0.15) is 17.2 Å². The summed E-state index contributed by atoms with van der Waals surface area (Å²) in [7, 11) is 0. The molecule has 0 aliphatic rings. The Morgan fingerprint density at radius 2 is 1.53 bits per heavy atom. The molecule has 0 bridgehead atoms. The van der Waals surface area contributed by atoms with Crippen LogP contribution in [0, 0.1) is 11.3 Å². The van der Waals surface area contributed by atoms with Gasteiger partial charge in [0.15, 0.2) is 0 Å². The molecule has 0 fully saturated rings. The first-order chi connectivity index (χ1) is 14.2. The Morgan fingerprint density at radius 3 is 1.97 bits per heavy atom. The van der Waals surface area contributed by atoms with Gasteiger partial charge in [-0.15, -0.1) is 0 Å². The summed E-state index contributed by atoms with van der Waals surface area (Å²) in [4.78, 5) is 43.5. The van der Waals surface area contributed by atoms with E-state index >= 15 is 0 Å². The highest BCUT2D eigenvalue weighted by Crippen LogP contribution is 2.04. The number of allylic oxidation sites excluding steroid dienone is 1. The molecule has 166 valence electrons. The van der Waals surface area contributed by atoms with E-state index < -0.39 is 23.9 Å². The fourth-order valence-electron chi connectivity index (χ4n) is 1.76. The lowest BCUT2D eigenvalue weighted by Crippen LogP contribution is -2.16. The van der Waals surface area contributed by atoms with Crippen LogP contribution in [-0.4, -0.2) is 48.8 Å². The van der Waals surface area contributed by atoms with E-state index in [-0.39, 0.29) is 24.4 Å². The van der Waals surface area contributed by atoms with Crippen LogP contribution in [0.2, 0.25) is 0 Å². The number of nitriles is 1. The number of esters is 3. The molecule has 0 aromatic heterocycles. The molecule has 0 aliphatic heterocycles. The minimum absolute atomic E-state index is 0.156. The minimum atomic E-state index is -1.27. The topological polar surface area (TPSA) is 140 Å². The van der Waals surface area contributed by atoms with Gasteiger partial charge in [0.05, 0.1) is 19.8 Å². The first-order valence-corrected chi connectivity index (χ1v) is 9.40. The zero-order valence-electron chi connectivity index (χ0n) is 17.5. The van der Waals surface area contributed by atoms with Gasteiger partial charge >= 0.3 is 23.9 Å². The van der Waals surface area contributed by atoms with Crippen molar-refractivity contribution < 1.29 is 38.5 Å². The van der Waals surface area contributed by atoms with Crippen molar-refractivity contribution in [2.75, 3.05) is 19.8 Å². The Morgan fingerprint density at radius 1 is 0.967 bits per heavy atom. The zero-order chi connectivity index (χ0) is 23.4. The SMILES string of the molecule is C=C(C#N)C(=O)OCC.C=CC(=O)OCCCCCCOC(=O)C(=CCC)C(=O)O. The smallest absolute Gasteiger partial charge is 0.348 e. The number of aliphatic carboxylic acids is 1. The maximum absolute atomic E-state index is 11.5. The van der Waals surface area contributed by atoms with Crippen LogP contribution < -0.4 is 0 Å². The molecular formula is C21H29NO8. The summed E-state index contributed by atoms with van der Waals surface area (Å²) in [5.74, 6) is -3.15. The Bertz CT molecular complexity index is 673. The number of carbonyl (C=O) groups is 4. The van der Waals surface area contributed by atoms with E-state index in [4.69, 9.17) is 19.8 Å². The third-order valence-corrected chi connectivity index (χ3v) is 3.20. The van der Waals surface area contributed by atoms with Gasteiger partial charge in [0.25, 0.3) is 0 Å². The van der Waals surface area contributed by atoms with Crippen molar-refractivity contribution >= 4 is 23.9 Å². The van der Waals surface area contributed by atoms with E-state index in [2.05, 4.69) is 17.9 Å². The van der Waals surface area contributed by atoms with Gasteiger partial charge in [0.2, 0.25) is 0 Å². The average Bonchev–Trinajstić information content (AvgIpc) is 2.73. The highest BCUT2D eigenvalue weighted by Gasteiger charge is 2.17. The summed E-state index contributed by atoms with van der Waals surface area (Å²) >= 11 is 0. The number of carboxylic acids is 1. The normalized spacial score (nSPS) is 9.83. The maximum Gasteiger partial charge on any atom is 0.348 e. The van der Waals surface area contributed by atoms with Crippen LogP contribution in [0.15, 0.2) is 36.5 Å². The molecule has 0 amide bonds. The molecule has 0 heterocycles. The van der Waals surface area contributed by atoms with Gasteiger partial charge in [-0.2, -0.15) is 5.26 Å². The molecular weight excluding hydrogens is 394 g/mol. The zero-order valence-corrected chi connectivity index (χ0v) is 17.5. The van der Waals surface area contributed by atoms with Crippen molar-refractivity contribution in [1.82, 2.24) is 0 Å². The van der Waals surface area contributed by atoms with E-state index in [1.54, 1.807) is 19.9 Å². The second-order valence-electron chi connectivity index (χ2n) is 5.56. The number of ether oxygens (including phenoxy) is 3. The molecule has 0 radical (unpaired) electrons. The lowest BCUT2D eigenvalue weighted by molar-refractivity contribution is -0.144. The van der Waals surface area contributed by atoms with Crippen LogP contribution in [0.25, 0.3) is 0 Å². The number of rotatable bonds is 13. The summed E-state index contributed by atoms with van der Waals surface area (Å²) in [5.41, 5.74) is -0.481. The second kappa shape index (κ2) is 18.9. The van der Waals surface area contributed by atoms with Crippen molar-refractivity contribution in [3.63, 3.8) is 0 Å². The fourth-order valence-corrected chi connectivity index (χ4v) is 1.76. The van der Waals surface area contributed by atoms with Crippen molar-refractivity contribution in [3.8, 4) is 6.07 Å². The third kappa shape index (κ3) is 15.6. The number of carbonyl (C=O) groups excluding carboxylic acids is 3.